The first-order valence-corrected chi connectivity index (χ1v) is 7.60. The van der Waals surface area contributed by atoms with Gasteiger partial charge in [0.1, 0.15) is 0 Å². The number of hydrogen-bond donors (Lipinski definition) is 3. The number of aliphatic hydroxyl groups is 1. The zero-order valence-electron chi connectivity index (χ0n) is 13.3. The molecule has 2 unspecified atom stereocenters. The second kappa shape index (κ2) is 8.15. The summed E-state index contributed by atoms with van der Waals surface area (Å²) in [5, 5.41) is 12.9. The molecule has 4 nitrogen and oxygen atoms in total. The number of rotatable bonds is 8. The lowest BCUT2D eigenvalue weighted by molar-refractivity contribution is -0.122. The van der Waals surface area contributed by atoms with Crippen LogP contribution in [0.1, 0.15) is 51.6 Å². The van der Waals surface area contributed by atoms with E-state index in [2.05, 4.69) is 19.2 Å². The summed E-state index contributed by atoms with van der Waals surface area (Å²) in [7, 11) is 0. The molecule has 1 aromatic carbocycles. The first-order chi connectivity index (χ1) is 9.80. The third-order valence-electron chi connectivity index (χ3n) is 3.42. The molecule has 21 heavy (non-hydrogen) atoms. The van der Waals surface area contributed by atoms with Gasteiger partial charge in [-0.05, 0) is 31.2 Å². The number of carbonyl (C=O) groups is 1. The lowest BCUT2D eigenvalue weighted by Gasteiger charge is -2.25. The van der Waals surface area contributed by atoms with Crippen molar-refractivity contribution in [3.63, 3.8) is 0 Å². The standard InChI is InChI=1S/C17H28N2O2/c1-13(2)11-17(3,21)12-19-16(20)10-9-15(18)14-7-5-4-6-8-14/h4-8,13,15,21H,9-12,18H2,1-3H3,(H,19,20). The summed E-state index contributed by atoms with van der Waals surface area (Å²) in [6.45, 7) is 6.14. The first-order valence-electron chi connectivity index (χ1n) is 7.60. The van der Waals surface area contributed by atoms with E-state index >= 15 is 0 Å². The van der Waals surface area contributed by atoms with Crippen molar-refractivity contribution in [1.29, 1.82) is 0 Å². The minimum atomic E-state index is -0.856. The normalized spacial score (nSPS) is 15.5. The number of amides is 1. The molecule has 4 N–H and O–H groups in total. The molecule has 0 saturated carbocycles. The van der Waals surface area contributed by atoms with Gasteiger partial charge in [-0.15, -0.1) is 0 Å². The Morgan fingerprint density at radius 2 is 1.95 bits per heavy atom. The highest BCUT2D eigenvalue weighted by Gasteiger charge is 2.22. The third-order valence-corrected chi connectivity index (χ3v) is 3.42. The van der Waals surface area contributed by atoms with Gasteiger partial charge in [-0.1, -0.05) is 44.2 Å². The van der Waals surface area contributed by atoms with Gasteiger partial charge in [-0.3, -0.25) is 4.79 Å². The molecular formula is C17H28N2O2. The Hall–Kier alpha value is -1.39. The fourth-order valence-corrected chi connectivity index (χ4v) is 2.48. The van der Waals surface area contributed by atoms with Gasteiger partial charge in [0.25, 0.3) is 0 Å². The molecule has 0 aliphatic heterocycles. The van der Waals surface area contributed by atoms with Gasteiger partial charge < -0.3 is 16.2 Å². The van der Waals surface area contributed by atoms with Gasteiger partial charge in [0.15, 0.2) is 0 Å². The van der Waals surface area contributed by atoms with E-state index in [1.165, 1.54) is 0 Å². The Morgan fingerprint density at radius 1 is 1.33 bits per heavy atom. The van der Waals surface area contributed by atoms with Gasteiger partial charge in [-0.25, -0.2) is 0 Å². The van der Waals surface area contributed by atoms with E-state index in [1.807, 2.05) is 30.3 Å². The van der Waals surface area contributed by atoms with Crippen molar-refractivity contribution in [2.75, 3.05) is 6.54 Å². The average Bonchev–Trinajstić information content (AvgIpc) is 2.42. The number of hydrogen-bond acceptors (Lipinski definition) is 3. The van der Waals surface area contributed by atoms with E-state index in [0.717, 1.165) is 5.56 Å². The number of carbonyl (C=O) groups excluding carboxylic acids is 1. The summed E-state index contributed by atoms with van der Waals surface area (Å²) in [5.41, 5.74) is 6.24. The number of nitrogens with one attached hydrogen (secondary N) is 1. The average molecular weight is 292 g/mol. The van der Waals surface area contributed by atoms with E-state index in [9.17, 15) is 9.90 Å². The highest BCUT2D eigenvalue weighted by Crippen LogP contribution is 2.16. The predicted molar refractivity (Wildman–Crippen MR) is 85.7 cm³/mol. The van der Waals surface area contributed by atoms with Crippen molar-refractivity contribution < 1.29 is 9.90 Å². The second-order valence-corrected chi connectivity index (χ2v) is 6.43. The summed E-state index contributed by atoms with van der Waals surface area (Å²) in [6, 6.07) is 9.63. The first kappa shape index (κ1) is 17.7. The van der Waals surface area contributed by atoms with E-state index in [0.29, 0.717) is 25.2 Å². The van der Waals surface area contributed by atoms with Crippen LogP contribution in [0.15, 0.2) is 30.3 Å². The maximum atomic E-state index is 11.8. The molecule has 118 valence electrons. The van der Waals surface area contributed by atoms with Crippen LogP contribution in [0, 0.1) is 5.92 Å². The minimum Gasteiger partial charge on any atom is -0.388 e. The predicted octanol–water partition coefficient (Wildman–Crippen LogP) is 2.38. The number of benzene rings is 1. The zero-order chi connectivity index (χ0) is 15.9. The highest BCUT2D eigenvalue weighted by molar-refractivity contribution is 5.76. The lowest BCUT2D eigenvalue weighted by Crippen LogP contribution is -2.41. The van der Waals surface area contributed by atoms with Crippen molar-refractivity contribution >= 4 is 5.91 Å². The van der Waals surface area contributed by atoms with Crippen LogP contribution < -0.4 is 11.1 Å². The summed E-state index contributed by atoms with van der Waals surface area (Å²) in [6.07, 6.45) is 1.63. The van der Waals surface area contributed by atoms with Crippen LogP contribution in [0.4, 0.5) is 0 Å². The summed E-state index contributed by atoms with van der Waals surface area (Å²) in [4.78, 5) is 11.8. The van der Waals surface area contributed by atoms with Crippen molar-refractivity contribution in [2.24, 2.45) is 11.7 Å². The maximum absolute atomic E-state index is 11.8. The molecule has 0 saturated heterocycles. The van der Waals surface area contributed by atoms with Gasteiger partial charge in [0.05, 0.1) is 5.60 Å². The lowest BCUT2D eigenvalue weighted by atomic mass is 9.94. The van der Waals surface area contributed by atoms with Crippen LogP contribution in [0.2, 0.25) is 0 Å². The topological polar surface area (TPSA) is 75.3 Å². The molecule has 2 atom stereocenters. The Kier molecular flexibility index (Phi) is 6.85. The van der Waals surface area contributed by atoms with Crippen molar-refractivity contribution in [2.45, 2.75) is 51.7 Å². The molecule has 0 spiro atoms. The SMILES string of the molecule is CC(C)CC(C)(O)CNC(=O)CCC(N)c1ccccc1. The molecule has 0 fully saturated rings. The van der Waals surface area contributed by atoms with E-state index in [-0.39, 0.29) is 18.5 Å². The molecule has 0 aliphatic carbocycles. The molecular weight excluding hydrogens is 264 g/mol. The third kappa shape index (κ3) is 7.25. The number of nitrogens with two attached hydrogens (primary N) is 1. The van der Waals surface area contributed by atoms with Crippen LogP contribution in [0.25, 0.3) is 0 Å². The Balaban J connectivity index is 2.31. The van der Waals surface area contributed by atoms with E-state index in [4.69, 9.17) is 5.73 Å². The molecule has 1 aromatic rings. The van der Waals surface area contributed by atoms with E-state index in [1.54, 1.807) is 6.92 Å². The highest BCUT2D eigenvalue weighted by atomic mass is 16.3. The molecule has 0 radical (unpaired) electrons. The van der Waals surface area contributed by atoms with Crippen molar-refractivity contribution in [3.8, 4) is 0 Å². The molecule has 0 aliphatic rings. The van der Waals surface area contributed by atoms with Gasteiger partial charge in [0.2, 0.25) is 5.91 Å². The Morgan fingerprint density at radius 3 is 2.52 bits per heavy atom. The fraction of sp³-hybridized carbons (Fsp3) is 0.588. The van der Waals surface area contributed by atoms with Crippen molar-refractivity contribution in [1.82, 2.24) is 5.32 Å². The maximum Gasteiger partial charge on any atom is 0.220 e. The molecule has 0 heterocycles. The second-order valence-electron chi connectivity index (χ2n) is 6.43. The Labute approximate surface area is 127 Å². The van der Waals surface area contributed by atoms with Crippen LogP contribution in [-0.2, 0) is 4.79 Å². The van der Waals surface area contributed by atoms with Gasteiger partial charge >= 0.3 is 0 Å². The van der Waals surface area contributed by atoms with Crippen molar-refractivity contribution in [3.05, 3.63) is 35.9 Å². The molecule has 1 rings (SSSR count). The summed E-state index contributed by atoms with van der Waals surface area (Å²) >= 11 is 0. The molecule has 0 bridgehead atoms. The van der Waals surface area contributed by atoms with Crippen LogP contribution in [0.5, 0.6) is 0 Å². The quantitative estimate of drug-likeness (QED) is 0.688. The molecule has 1 amide bonds. The monoisotopic (exact) mass is 292 g/mol. The Bertz CT molecular complexity index is 430. The summed E-state index contributed by atoms with van der Waals surface area (Å²) in [5.74, 6) is 0.328. The van der Waals surface area contributed by atoms with E-state index < -0.39 is 5.60 Å². The summed E-state index contributed by atoms with van der Waals surface area (Å²) < 4.78 is 0. The fourth-order valence-electron chi connectivity index (χ4n) is 2.48. The van der Waals surface area contributed by atoms with Crippen LogP contribution in [-0.4, -0.2) is 23.2 Å². The van der Waals surface area contributed by atoms with Gasteiger partial charge in [-0.2, -0.15) is 0 Å². The van der Waals surface area contributed by atoms with Gasteiger partial charge in [0, 0.05) is 19.0 Å². The molecule has 4 heteroatoms. The zero-order valence-corrected chi connectivity index (χ0v) is 13.3. The minimum absolute atomic E-state index is 0.0644. The van der Waals surface area contributed by atoms with Crippen LogP contribution >= 0.6 is 0 Å². The van der Waals surface area contributed by atoms with Crippen LogP contribution in [0.3, 0.4) is 0 Å². The molecule has 0 aromatic heterocycles. The largest absolute Gasteiger partial charge is 0.388 e. The smallest absolute Gasteiger partial charge is 0.220 e.